The normalized spacial score (nSPS) is 10.1. The summed E-state index contributed by atoms with van der Waals surface area (Å²) in [6.07, 6.45) is 0. The molecule has 0 aliphatic heterocycles. The van der Waals surface area contributed by atoms with Crippen molar-refractivity contribution in [3.63, 3.8) is 0 Å². The third kappa shape index (κ3) is 3.35. The number of likely N-dealkylation sites (N-methyl/N-ethyl adjacent to an activating group) is 1. The van der Waals surface area contributed by atoms with Gasteiger partial charge in [0.25, 0.3) is 0 Å². The van der Waals surface area contributed by atoms with Gasteiger partial charge in [-0.3, -0.25) is 5.41 Å². The van der Waals surface area contributed by atoms with Crippen molar-refractivity contribution in [2.75, 3.05) is 39.3 Å². The van der Waals surface area contributed by atoms with E-state index in [0.717, 1.165) is 18.0 Å². The van der Waals surface area contributed by atoms with Gasteiger partial charge in [0.1, 0.15) is 11.6 Å². The number of methoxy groups -OCH3 is 2. The first-order chi connectivity index (χ1) is 8.10. The lowest BCUT2D eigenvalue weighted by molar-refractivity contribution is 0.206. The molecule has 0 saturated heterocycles. The third-order valence-electron chi connectivity index (χ3n) is 2.54. The summed E-state index contributed by atoms with van der Waals surface area (Å²) in [6.45, 7) is 1.34. The minimum absolute atomic E-state index is 0.0481. The monoisotopic (exact) mass is 237 g/mol. The highest BCUT2D eigenvalue weighted by Crippen LogP contribution is 2.24. The molecule has 17 heavy (non-hydrogen) atoms. The SMILES string of the molecule is COCCN(C)c1cc(OC)ccc1C(=N)N. The van der Waals surface area contributed by atoms with Crippen molar-refractivity contribution in [1.82, 2.24) is 0 Å². The molecule has 0 saturated carbocycles. The fraction of sp³-hybridized carbons (Fsp3) is 0.417. The number of nitrogens with zero attached hydrogens (tertiary/aromatic N) is 1. The number of nitrogens with one attached hydrogen (secondary N) is 1. The van der Waals surface area contributed by atoms with Crippen LogP contribution in [0.15, 0.2) is 18.2 Å². The zero-order valence-electron chi connectivity index (χ0n) is 10.5. The molecule has 0 amide bonds. The Balaban J connectivity index is 3.03. The Morgan fingerprint density at radius 3 is 2.65 bits per heavy atom. The maximum absolute atomic E-state index is 7.55. The molecule has 5 nitrogen and oxygen atoms in total. The van der Waals surface area contributed by atoms with Crippen LogP contribution in [0.1, 0.15) is 5.56 Å². The summed E-state index contributed by atoms with van der Waals surface area (Å²) in [5.74, 6) is 0.793. The van der Waals surface area contributed by atoms with E-state index in [0.29, 0.717) is 12.2 Å². The van der Waals surface area contributed by atoms with E-state index in [2.05, 4.69) is 0 Å². The second kappa shape index (κ2) is 6.10. The minimum Gasteiger partial charge on any atom is -0.497 e. The lowest BCUT2D eigenvalue weighted by Crippen LogP contribution is -2.25. The summed E-state index contributed by atoms with van der Waals surface area (Å²) >= 11 is 0. The molecule has 1 aromatic rings. The van der Waals surface area contributed by atoms with Gasteiger partial charge in [0, 0.05) is 32.3 Å². The molecule has 0 spiro atoms. The van der Waals surface area contributed by atoms with Crippen LogP contribution in [0, 0.1) is 5.41 Å². The highest BCUT2D eigenvalue weighted by atomic mass is 16.5. The summed E-state index contributed by atoms with van der Waals surface area (Å²) in [5, 5.41) is 7.55. The highest BCUT2D eigenvalue weighted by molar-refractivity contribution is 6.00. The molecule has 1 rings (SSSR count). The van der Waals surface area contributed by atoms with Crippen molar-refractivity contribution >= 4 is 11.5 Å². The van der Waals surface area contributed by atoms with Crippen LogP contribution < -0.4 is 15.4 Å². The van der Waals surface area contributed by atoms with Gasteiger partial charge in [0.05, 0.1) is 19.4 Å². The van der Waals surface area contributed by atoms with Gasteiger partial charge in [-0.25, -0.2) is 0 Å². The van der Waals surface area contributed by atoms with E-state index in [4.69, 9.17) is 20.6 Å². The first kappa shape index (κ1) is 13.3. The number of amidine groups is 1. The summed E-state index contributed by atoms with van der Waals surface area (Å²) < 4.78 is 10.2. The molecule has 0 aromatic heterocycles. The fourth-order valence-electron chi connectivity index (χ4n) is 1.53. The van der Waals surface area contributed by atoms with E-state index >= 15 is 0 Å². The van der Waals surface area contributed by atoms with E-state index in [1.165, 1.54) is 0 Å². The molecule has 0 bridgehead atoms. The molecule has 1 aromatic carbocycles. The molecule has 0 heterocycles. The molecule has 0 aliphatic rings. The predicted molar refractivity (Wildman–Crippen MR) is 69.2 cm³/mol. The van der Waals surface area contributed by atoms with Crippen molar-refractivity contribution in [3.8, 4) is 5.75 Å². The maximum Gasteiger partial charge on any atom is 0.124 e. The molecule has 0 fully saturated rings. The van der Waals surface area contributed by atoms with E-state index in [1.54, 1.807) is 26.4 Å². The molecule has 0 radical (unpaired) electrons. The second-order valence-corrected chi connectivity index (χ2v) is 3.71. The molecular formula is C12H19N3O2. The van der Waals surface area contributed by atoms with Gasteiger partial charge < -0.3 is 20.1 Å². The van der Waals surface area contributed by atoms with Crippen molar-refractivity contribution in [1.29, 1.82) is 5.41 Å². The molecule has 0 aliphatic carbocycles. The molecule has 0 unspecified atom stereocenters. The van der Waals surface area contributed by atoms with Crippen LogP contribution in [0.5, 0.6) is 5.75 Å². The molecule has 5 heteroatoms. The Labute approximate surface area is 102 Å². The summed E-state index contributed by atoms with van der Waals surface area (Å²) in [7, 11) is 5.20. The van der Waals surface area contributed by atoms with Crippen molar-refractivity contribution < 1.29 is 9.47 Å². The smallest absolute Gasteiger partial charge is 0.124 e. The van der Waals surface area contributed by atoms with Gasteiger partial charge in [-0.05, 0) is 12.1 Å². The Morgan fingerprint density at radius 2 is 2.12 bits per heavy atom. The number of hydrogen-bond donors (Lipinski definition) is 2. The summed E-state index contributed by atoms with van der Waals surface area (Å²) in [5.41, 5.74) is 7.12. The number of ether oxygens (including phenoxy) is 2. The van der Waals surface area contributed by atoms with Crippen molar-refractivity contribution in [2.24, 2.45) is 5.73 Å². The maximum atomic E-state index is 7.55. The Morgan fingerprint density at radius 1 is 1.41 bits per heavy atom. The van der Waals surface area contributed by atoms with Crippen LogP contribution in [-0.2, 0) is 4.74 Å². The quantitative estimate of drug-likeness (QED) is 0.573. The molecule has 3 N–H and O–H groups in total. The van der Waals surface area contributed by atoms with Gasteiger partial charge in [-0.15, -0.1) is 0 Å². The van der Waals surface area contributed by atoms with Crippen molar-refractivity contribution in [3.05, 3.63) is 23.8 Å². The van der Waals surface area contributed by atoms with Crippen LogP contribution in [0.25, 0.3) is 0 Å². The Bertz CT molecular complexity index is 393. The summed E-state index contributed by atoms with van der Waals surface area (Å²) in [6, 6.07) is 5.45. The van der Waals surface area contributed by atoms with Gasteiger partial charge in [-0.2, -0.15) is 0 Å². The van der Waals surface area contributed by atoms with Gasteiger partial charge >= 0.3 is 0 Å². The van der Waals surface area contributed by atoms with Crippen LogP contribution in [0.2, 0.25) is 0 Å². The molecular weight excluding hydrogens is 218 g/mol. The van der Waals surface area contributed by atoms with Crippen molar-refractivity contribution in [2.45, 2.75) is 0 Å². The topological polar surface area (TPSA) is 71.6 Å². The van der Waals surface area contributed by atoms with E-state index < -0.39 is 0 Å². The van der Waals surface area contributed by atoms with E-state index in [9.17, 15) is 0 Å². The fourth-order valence-corrected chi connectivity index (χ4v) is 1.53. The predicted octanol–water partition coefficient (Wildman–Crippen LogP) is 1.06. The standard InChI is InChI=1S/C12H19N3O2/c1-15(6-7-16-2)11-8-9(17-3)4-5-10(11)12(13)14/h4-5,8H,6-7H2,1-3H3,(H3,13,14). The van der Waals surface area contributed by atoms with Crippen LogP contribution in [-0.4, -0.2) is 40.3 Å². The number of anilines is 1. The zero-order chi connectivity index (χ0) is 12.8. The average molecular weight is 237 g/mol. The van der Waals surface area contributed by atoms with Crippen LogP contribution in [0.3, 0.4) is 0 Å². The lowest BCUT2D eigenvalue weighted by atomic mass is 10.1. The third-order valence-corrected chi connectivity index (χ3v) is 2.54. The van der Waals surface area contributed by atoms with Gasteiger partial charge in [0.2, 0.25) is 0 Å². The van der Waals surface area contributed by atoms with Crippen LogP contribution >= 0.6 is 0 Å². The Hall–Kier alpha value is -1.75. The number of nitrogen functional groups attached to an aromatic ring is 1. The Kier molecular flexibility index (Phi) is 4.78. The van der Waals surface area contributed by atoms with E-state index in [1.807, 2.05) is 18.0 Å². The zero-order valence-corrected chi connectivity index (χ0v) is 10.5. The van der Waals surface area contributed by atoms with Gasteiger partial charge in [-0.1, -0.05) is 0 Å². The molecule has 0 atom stereocenters. The van der Waals surface area contributed by atoms with Gasteiger partial charge in [0.15, 0.2) is 0 Å². The summed E-state index contributed by atoms with van der Waals surface area (Å²) in [4.78, 5) is 1.99. The molecule has 94 valence electrons. The average Bonchev–Trinajstić information content (AvgIpc) is 2.34. The number of benzene rings is 1. The highest BCUT2D eigenvalue weighted by Gasteiger charge is 2.11. The first-order valence-electron chi connectivity index (χ1n) is 5.32. The lowest BCUT2D eigenvalue weighted by Gasteiger charge is -2.22. The number of nitrogens with two attached hydrogens (primary N) is 1. The van der Waals surface area contributed by atoms with E-state index in [-0.39, 0.29) is 5.84 Å². The second-order valence-electron chi connectivity index (χ2n) is 3.71. The number of hydrogen-bond acceptors (Lipinski definition) is 4. The first-order valence-corrected chi connectivity index (χ1v) is 5.32. The van der Waals surface area contributed by atoms with Crippen LogP contribution in [0.4, 0.5) is 5.69 Å². The minimum atomic E-state index is 0.0481. The number of rotatable bonds is 6. The largest absolute Gasteiger partial charge is 0.497 e.